The molecule has 0 amide bonds. The zero-order chi connectivity index (χ0) is 20.0. The summed E-state index contributed by atoms with van der Waals surface area (Å²) >= 11 is 0. The molecule has 0 aliphatic heterocycles. The Kier molecular flexibility index (Phi) is 6.99. The number of esters is 1. The highest BCUT2D eigenvalue weighted by Crippen LogP contribution is 2.28. The van der Waals surface area contributed by atoms with E-state index in [0.717, 1.165) is 16.7 Å². The summed E-state index contributed by atoms with van der Waals surface area (Å²) in [5.41, 5.74) is 3.63. The third-order valence-electron chi connectivity index (χ3n) is 4.53. The first-order chi connectivity index (χ1) is 12.8. The van der Waals surface area contributed by atoms with Gasteiger partial charge in [-0.15, -0.1) is 0 Å². The highest BCUT2D eigenvalue weighted by Gasteiger charge is 2.20. The molecule has 0 saturated heterocycles. The number of carbonyl (C=O) groups is 2. The molecule has 0 radical (unpaired) electrons. The van der Waals surface area contributed by atoms with Crippen molar-refractivity contribution in [2.24, 2.45) is 0 Å². The molecular weight excluding hydrogens is 344 g/mol. The van der Waals surface area contributed by atoms with Crippen LogP contribution in [0.1, 0.15) is 40.4 Å². The zero-order valence-corrected chi connectivity index (χ0v) is 16.5. The van der Waals surface area contributed by atoms with Crippen molar-refractivity contribution >= 4 is 11.8 Å². The summed E-state index contributed by atoms with van der Waals surface area (Å²) in [6.07, 6.45) is -0.144. The minimum absolute atomic E-state index is 0.181. The number of rotatable bonds is 8. The molecular formula is C22H26O5. The van der Waals surface area contributed by atoms with Crippen LogP contribution in [0, 0.1) is 13.8 Å². The first kappa shape index (κ1) is 20.5. The first-order valence-corrected chi connectivity index (χ1v) is 8.87. The minimum atomic E-state index is -0.815. The van der Waals surface area contributed by atoms with Gasteiger partial charge in [0.25, 0.3) is 0 Å². The minimum Gasteiger partial charge on any atom is -0.493 e. The average Bonchev–Trinajstić information content (AvgIpc) is 2.67. The van der Waals surface area contributed by atoms with Crippen molar-refractivity contribution in [1.82, 2.24) is 0 Å². The number of methoxy groups -OCH3 is 2. The Morgan fingerprint density at radius 3 is 2.26 bits per heavy atom. The molecule has 0 fully saturated rings. The van der Waals surface area contributed by atoms with E-state index in [1.165, 1.54) is 0 Å². The number of ketones is 1. The summed E-state index contributed by atoms with van der Waals surface area (Å²) in [5, 5.41) is 0. The van der Waals surface area contributed by atoms with Crippen molar-refractivity contribution in [1.29, 1.82) is 0 Å². The van der Waals surface area contributed by atoms with Gasteiger partial charge in [0, 0.05) is 12.0 Å². The average molecular weight is 370 g/mol. The van der Waals surface area contributed by atoms with Gasteiger partial charge in [-0.1, -0.05) is 18.2 Å². The summed E-state index contributed by atoms with van der Waals surface area (Å²) < 4.78 is 15.8. The smallest absolute Gasteiger partial charge is 0.306 e. The number of hydrogen-bond acceptors (Lipinski definition) is 5. The lowest BCUT2D eigenvalue weighted by atomic mass is 10.0. The fourth-order valence-electron chi connectivity index (χ4n) is 2.72. The van der Waals surface area contributed by atoms with E-state index in [2.05, 4.69) is 0 Å². The summed E-state index contributed by atoms with van der Waals surface area (Å²) in [6, 6.07) is 11.0. The number of carbonyl (C=O) groups excluding carboxylic acids is 2. The lowest BCUT2D eigenvalue weighted by molar-refractivity contribution is -0.146. The van der Waals surface area contributed by atoms with Crippen LogP contribution in [0.3, 0.4) is 0 Å². The van der Waals surface area contributed by atoms with E-state index in [-0.39, 0.29) is 12.2 Å². The molecule has 0 aliphatic rings. The predicted molar refractivity (Wildman–Crippen MR) is 104 cm³/mol. The standard InChI is InChI=1S/C22H26O5/c1-14-6-9-18(12-15(14)2)22(24)16(3)27-21(23)11-8-17-7-10-19(25-4)20(13-17)26-5/h6-7,9-10,12-13,16H,8,11H2,1-5H3/t16-/m0/s1. The quantitative estimate of drug-likeness (QED) is 0.518. The highest BCUT2D eigenvalue weighted by molar-refractivity contribution is 6.00. The van der Waals surface area contributed by atoms with Gasteiger partial charge in [-0.25, -0.2) is 0 Å². The van der Waals surface area contributed by atoms with Crippen LogP contribution in [-0.4, -0.2) is 32.1 Å². The van der Waals surface area contributed by atoms with Crippen molar-refractivity contribution < 1.29 is 23.8 Å². The lowest BCUT2D eigenvalue weighted by Gasteiger charge is -2.14. The summed E-state index contributed by atoms with van der Waals surface area (Å²) in [5.74, 6) is 0.644. The van der Waals surface area contributed by atoms with E-state index in [9.17, 15) is 9.59 Å². The largest absolute Gasteiger partial charge is 0.493 e. The van der Waals surface area contributed by atoms with Crippen molar-refractivity contribution in [3.63, 3.8) is 0 Å². The van der Waals surface area contributed by atoms with E-state index < -0.39 is 12.1 Å². The number of ether oxygens (including phenoxy) is 3. The second-order valence-corrected chi connectivity index (χ2v) is 6.48. The lowest BCUT2D eigenvalue weighted by Crippen LogP contribution is -2.24. The molecule has 5 heteroatoms. The normalized spacial score (nSPS) is 11.6. The molecule has 0 saturated carbocycles. The predicted octanol–water partition coefficient (Wildman–Crippen LogP) is 4.07. The van der Waals surface area contributed by atoms with Crippen molar-refractivity contribution in [2.75, 3.05) is 14.2 Å². The fourth-order valence-corrected chi connectivity index (χ4v) is 2.72. The zero-order valence-electron chi connectivity index (χ0n) is 16.5. The molecule has 0 aliphatic carbocycles. The van der Waals surface area contributed by atoms with Gasteiger partial charge in [0.2, 0.25) is 5.78 Å². The van der Waals surface area contributed by atoms with Crippen LogP contribution in [0.2, 0.25) is 0 Å². The van der Waals surface area contributed by atoms with Crippen LogP contribution in [0.5, 0.6) is 11.5 Å². The van der Waals surface area contributed by atoms with Gasteiger partial charge >= 0.3 is 5.97 Å². The van der Waals surface area contributed by atoms with Crippen LogP contribution >= 0.6 is 0 Å². The molecule has 0 aromatic heterocycles. The van der Waals surface area contributed by atoms with Gasteiger partial charge in [-0.2, -0.15) is 0 Å². The maximum absolute atomic E-state index is 12.5. The summed E-state index contributed by atoms with van der Waals surface area (Å²) in [6.45, 7) is 5.54. The van der Waals surface area contributed by atoms with E-state index in [1.54, 1.807) is 33.3 Å². The fraction of sp³-hybridized carbons (Fsp3) is 0.364. The highest BCUT2D eigenvalue weighted by atomic mass is 16.5. The van der Waals surface area contributed by atoms with Crippen molar-refractivity contribution in [3.8, 4) is 11.5 Å². The molecule has 0 bridgehead atoms. The number of hydrogen-bond donors (Lipinski definition) is 0. The third kappa shape index (κ3) is 5.33. The third-order valence-corrected chi connectivity index (χ3v) is 4.53. The molecule has 0 unspecified atom stereocenters. The van der Waals surface area contributed by atoms with Crippen molar-refractivity contribution in [3.05, 3.63) is 58.7 Å². The topological polar surface area (TPSA) is 61.8 Å². The Balaban J connectivity index is 1.93. The molecule has 2 aromatic carbocycles. The molecule has 0 heterocycles. The van der Waals surface area contributed by atoms with Gasteiger partial charge < -0.3 is 14.2 Å². The van der Waals surface area contributed by atoms with Gasteiger partial charge in [-0.05, 0) is 62.1 Å². The van der Waals surface area contributed by atoms with Crippen LogP contribution in [0.4, 0.5) is 0 Å². The summed E-state index contributed by atoms with van der Waals surface area (Å²) in [7, 11) is 3.14. The Morgan fingerprint density at radius 2 is 1.63 bits per heavy atom. The Morgan fingerprint density at radius 1 is 0.926 bits per heavy atom. The van der Waals surface area contributed by atoms with Crippen molar-refractivity contribution in [2.45, 2.75) is 39.7 Å². The van der Waals surface area contributed by atoms with Crippen LogP contribution in [0.15, 0.2) is 36.4 Å². The molecule has 0 spiro atoms. The van der Waals surface area contributed by atoms with E-state index in [4.69, 9.17) is 14.2 Å². The van der Waals surface area contributed by atoms with Gasteiger partial charge in [0.1, 0.15) is 0 Å². The van der Waals surface area contributed by atoms with E-state index in [1.807, 2.05) is 38.1 Å². The Hall–Kier alpha value is -2.82. The van der Waals surface area contributed by atoms with Crippen LogP contribution in [0.25, 0.3) is 0 Å². The van der Waals surface area contributed by atoms with Crippen LogP contribution < -0.4 is 9.47 Å². The number of benzene rings is 2. The Labute approximate surface area is 160 Å². The molecule has 27 heavy (non-hydrogen) atoms. The van der Waals surface area contributed by atoms with Gasteiger partial charge in [0.15, 0.2) is 17.6 Å². The first-order valence-electron chi connectivity index (χ1n) is 8.87. The maximum atomic E-state index is 12.5. The van der Waals surface area contributed by atoms with Gasteiger partial charge in [-0.3, -0.25) is 9.59 Å². The monoisotopic (exact) mass is 370 g/mol. The second kappa shape index (κ2) is 9.21. The molecule has 1 atom stereocenters. The number of Topliss-reactive ketones (excluding diaryl/α,β-unsaturated/α-hetero) is 1. The second-order valence-electron chi connectivity index (χ2n) is 6.48. The molecule has 2 aromatic rings. The van der Waals surface area contributed by atoms with Crippen LogP contribution in [-0.2, 0) is 16.0 Å². The molecule has 5 nitrogen and oxygen atoms in total. The molecule has 144 valence electrons. The maximum Gasteiger partial charge on any atom is 0.306 e. The van der Waals surface area contributed by atoms with E-state index in [0.29, 0.717) is 23.5 Å². The van der Waals surface area contributed by atoms with E-state index >= 15 is 0 Å². The van der Waals surface area contributed by atoms with Gasteiger partial charge in [0.05, 0.1) is 14.2 Å². The summed E-state index contributed by atoms with van der Waals surface area (Å²) in [4.78, 5) is 24.6. The molecule has 0 N–H and O–H groups in total. The Bertz CT molecular complexity index is 825. The molecule has 2 rings (SSSR count). The number of aryl methyl sites for hydroxylation is 3. The SMILES string of the molecule is COc1ccc(CCC(=O)O[C@@H](C)C(=O)c2ccc(C)c(C)c2)cc1OC.